The molecule has 0 N–H and O–H groups in total. The monoisotopic (exact) mass is 428 g/mol. The van der Waals surface area contributed by atoms with Gasteiger partial charge in [0.1, 0.15) is 0 Å². The highest BCUT2D eigenvalue weighted by Gasteiger charge is 2.28. The molecule has 180 valence electrons. The van der Waals surface area contributed by atoms with E-state index in [-0.39, 0.29) is 17.7 Å². The van der Waals surface area contributed by atoms with E-state index < -0.39 is 0 Å². The van der Waals surface area contributed by atoms with Crippen LogP contribution >= 0.6 is 0 Å². The second-order valence-corrected chi connectivity index (χ2v) is 7.84. The number of carbonyl (C=O) groups excluding carboxylic acids is 1. The highest BCUT2D eigenvalue weighted by atomic mass is 16.7. The normalized spacial score (nSPS) is 16.3. The Kier molecular flexibility index (Phi) is 23.8. The van der Waals surface area contributed by atoms with E-state index in [9.17, 15) is 4.79 Å². The van der Waals surface area contributed by atoms with Crippen molar-refractivity contribution in [3.05, 3.63) is 12.2 Å². The molecule has 4 heteroatoms. The minimum Gasteiger partial charge on any atom is -0.466 e. The molecule has 1 aliphatic heterocycles. The van der Waals surface area contributed by atoms with Gasteiger partial charge in [-0.15, -0.1) is 0 Å². The molecule has 1 unspecified atom stereocenters. The number of esters is 1. The lowest BCUT2D eigenvalue weighted by Crippen LogP contribution is -2.26. The fourth-order valence-corrected chi connectivity index (χ4v) is 3.09. The van der Waals surface area contributed by atoms with Crippen molar-refractivity contribution in [3.8, 4) is 0 Å². The van der Waals surface area contributed by atoms with E-state index in [1.54, 1.807) is 0 Å². The van der Waals surface area contributed by atoms with Gasteiger partial charge in [0, 0.05) is 13.2 Å². The molecule has 0 amide bonds. The summed E-state index contributed by atoms with van der Waals surface area (Å²) in [7, 11) is 0. The van der Waals surface area contributed by atoms with Crippen molar-refractivity contribution in [3.63, 3.8) is 0 Å². The molecule has 1 aliphatic rings. The molecule has 1 fully saturated rings. The van der Waals surface area contributed by atoms with Gasteiger partial charge in [0.05, 0.1) is 12.0 Å². The summed E-state index contributed by atoms with van der Waals surface area (Å²) in [6.07, 6.45) is 17.0. The van der Waals surface area contributed by atoms with Crippen LogP contribution in [0.2, 0.25) is 0 Å². The van der Waals surface area contributed by atoms with Crippen LogP contribution in [0, 0.1) is 5.41 Å². The predicted octanol–water partition coefficient (Wildman–Crippen LogP) is 7.85. The smallest absolute Gasteiger partial charge is 0.311 e. The van der Waals surface area contributed by atoms with Crippen LogP contribution < -0.4 is 0 Å². The standard InChI is InChI=1S/C22H40O4.2C2H6/c1-4-24-21(23)22(2,3)17-13-10-8-6-5-7-9-11-14-18-25-20-16-12-15-19-26-20;2*1-2/h5,7,20H,4,6,8-19H2,1-3H3;2*1-2H3/b7-5+;;. The van der Waals surface area contributed by atoms with E-state index in [0.717, 1.165) is 51.7 Å². The predicted molar refractivity (Wildman–Crippen MR) is 129 cm³/mol. The largest absolute Gasteiger partial charge is 0.466 e. The van der Waals surface area contributed by atoms with Crippen molar-refractivity contribution < 1.29 is 19.0 Å². The maximum atomic E-state index is 11.8. The zero-order valence-corrected chi connectivity index (χ0v) is 21.3. The van der Waals surface area contributed by atoms with Gasteiger partial charge in [0.25, 0.3) is 0 Å². The van der Waals surface area contributed by atoms with Gasteiger partial charge in [-0.1, -0.05) is 52.7 Å². The SMILES string of the molecule is CC.CC.CCOC(=O)C(C)(C)CCCCC/C=C/CCCCOC1CCCCO1. The van der Waals surface area contributed by atoms with Crippen molar-refractivity contribution in [1.82, 2.24) is 0 Å². The third-order valence-corrected chi connectivity index (χ3v) is 4.87. The Morgan fingerprint density at radius 1 is 0.967 bits per heavy atom. The van der Waals surface area contributed by atoms with E-state index >= 15 is 0 Å². The molecule has 0 radical (unpaired) electrons. The van der Waals surface area contributed by atoms with E-state index in [2.05, 4.69) is 12.2 Å². The fraction of sp³-hybridized carbons (Fsp3) is 0.885. The maximum absolute atomic E-state index is 11.8. The van der Waals surface area contributed by atoms with Gasteiger partial charge in [0.2, 0.25) is 0 Å². The van der Waals surface area contributed by atoms with Crippen molar-refractivity contribution in [2.45, 2.75) is 125 Å². The van der Waals surface area contributed by atoms with Crippen LogP contribution in [-0.4, -0.2) is 32.1 Å². The number of carbonyl (C=O) groups is 1. The van der Waals surface area contributed by atoms with Crippen LogP contribution in [0.1, 0.15) is 119 Å². The van der Waals surface area contributed by atoms with Crippen LogP contribution in [0.25, 0.3) is 0 Å². The second kappa shape index (κ2) is 22.8. The molecule has 0 aromatic heterocycles. The van der Waals surface area contributed by atoms with Gasteiger partial charge in [0.15, 0.2) is 6.29 Å². The number of rotatable bonds is 14. The lowest BCUT2D eigenvalue weighted by atomic mass is 9.87. The Bertz CT molecular complexity index is 384. The van der Waals surface area contributed by atoms with Crippen molar-refractivity contribution >= 4 is 5.97 Å². The Morgan fingerprint density at radius 2 is 1.60 bits per heavy atom. The Hall–Kier alpha value is -0.870. The van der Waals surface area contributed by atoms with Crippen LogP contribution in [0.5, 0.6) is 0 Å². The third kappa shape index (κ3) is 17.9. The van der Waals surface area contributed by atoms with Crippen LogP contribution in [0.3, 0.4) is 0 Å². The number of hydrogen-bond acceptors (Lipinski definition) is 4. The van der Waals surface area contributed by atoms with Gasteiger partial charge in [-0.2, -0.15) is 0 Å². The van der Waals surface area contributed by atoms with Gasteiger partial charge >= 0.3 is 5.97 Å². The zero-order valence-electron chi connectivity index (χ0n) is 21.3. The lowest BCUT2D eigenvalue weighted by Gasteiger charge is -2.22. The molecule has 30 heavy (non-hydrogen) atoms. The number of hydrogen-bond donors (Lipinski definition) is 0. The molecule has 1 rings (SSSR count). The highest BCUT2D eigenvalue weighted by Crippen LogP contribution is 2.25. The van der Waals surface area contributed by atoms with E-state index in [1.807, 2.05) is 48.5 Å². The Balaban J connectivity index is 0. The summed E-state index contributed by atoms with van der Waals surface area (Å²) in [6, 6.07) is 0. The zero-order chi connectivity index (χ0) is 23.1. The highest BCUT2D eigenvalue weighted by molar-refractivity contribution is 5.75. The first-order valence-electron chi connectivity index (χ1n) is 12.6. The van der Waals surface area contributed by atoms with Crippen molar-refractivity contribution in [2.75, 3.05) is 19.8 Å². The first-order valence-corrected chi connectivity index (χ1v) is 12.6. The average molecular weight is 429 g/mol. The molecule has 1 saturated heterocycles. The van der Waals surface area contributed by atoms with Gasteiger partial charge in [-0.25, -0.2) is 0 Å². The first kappa shape index (κ1) is 31.3. The minimum atomic E-state index is -0.351. The molecule has 0 aromatic rings. The molecule has 4 nitrogen and oxygen atoms in total. The summed E-state index contributed by atoms with van der Waals surface area (Å²) < 4.78 is 16.4. The van der Waals surface area contributed by atoms with Crippen molar-refractivity contribution in [1.29, 1.82) is 0 Å². The number of unbranched alkanes of at least 4 members (excludes halogenated alkanes) is 5. The Labute approximate surface area is 188 Å². The lowest BCUT2D eigenvalue weighted by molar-refractivity contribution is -0.162. The minimum absolute atomic E-state index is 0.0492. The topological polar surface area (TPSA) is 44.8 Å². The van der Waals surface area contributed by atoms with Crippen LogP contribution in [-0.2, 0) is 19.0 Å². The molecule has 0 aromatic carbocycles. The third-order valence-electron chi connectivity index (χ3n) is 4.87. The average Bonchev–Trinajstić information content (AvgIpc) is 2.78. The molecule has 0 bridgehead atoms. The van der Waals surface area contributed by atoms with Crippen LogP contribution in [0.15, 0.2) is 12.2 Å². The Morgan fingerprint density at radius 3 is 2.17 bits per heavy atom. The summed E-state index contributed by atoms with van der Waals surface area (Å²) in [5.74, 6) is -0.0704. The van der Waals surface area contributed by atoms with Crippen molar-refractivity contribution in [2.24, 2.45) is 5.41 Å². The number of allylic oxidation sites excluding steroid dienone is 2. The summed E-state index contributed by atoms with van der Waals surface area (Å²) in [4.78, 5) is 11.8. The second-order valence-electron chi connectivity index (χ2n) is 7.84. The summed E-state index contributed by atoms with van der Waals surface area (Å²) >= 11 is 0. The molecule has 1 heterocycles. The van der Waals surface area contributed by atoms with Gasteiger partial charge in [-0.05, 0) is 78.6 Å². The molecule has 0 spiro atoms. The molecule has 1 atom stereocenters. The quantitative estimate of drug-likeness (QED) is 0.160. The molecule has 0 aliphatic carbocycles. The van der Waals surface area contributed by atoms with Crippen LogP contribution in [0.4, 0.5) is 0 Å². The summed E-state index contributed by atoms with van der Waals surface area (Å²) in [5.41, 5.74) is -0.351. The summed E-state index contributed by atoms with van der Waals surface area (Å²) in [5, 5.41) is 0. The van der Waals surface area contributed by atoms with E-state index in [1.165, 1.54) is 32.1 Å². The first-order chi connectivity index (χ1) is 14.6. The van der Waals surface area contributed by atoms with E-state index in [0.29, 0.717) is 6.61 Å². The maximum Gasteiger partial charge on any atom is 0.311 e. The molecular weight excluding hydrogens is 376 g/mol. The summed E-state index contributed by atoms with van der Waals surface area (Å²) in [6.45, 7) is 16.0. The molecule has 0 saturated carbocycles. The van der Waals surface area contributed by atoms with Gasteiger partial charge < -0.3 is 14.2 Å². The van der Waals surface area contributed by atoms with Gasteiger partial charge in [-0.3, -0.25) is 4.79 Å². The number of ether oxygens (including phenoxy) is 3. The molecular formula is C26H52O4. The van der Waals surface area contributed by atoms with E-state index in [4.69, 9.17) is 14.2 Å². The fourth-order valence-electron chi connectivity index (χ4n) is 3.09.